The first kappa shape index (κ1) is 19.0. The molecule has 2 aromatic rings. The van der Waals surface area contributed by atoms with Crippen LogP contribution in [0.25, 0.3) is 0 Å². The van der Waals surface area contributed by atoms with Crippen molar-refractivity contribution >= 4 is 29.4 Å². The average Bonchev–Trinajstić information content (AvgIpc) is 2.60. The fourth-order valence-electron chi connectivity index (χ4n) is 2.06. The Morgan fingerprint density at radius 2 is 1.92 bits per heavy atom. The van der Waals surface area contributed by atoms with Crippen LogP contribution in [0.2, 0.25) is 10.0 Å². The Balaban J connectivity index is 2.03. The van der Waals surface area contributed by atoms with Gasteiger partial charge in [0, 0.05) is 15.6 Å². The van der Waals surface area contributed by atoms with E-state index in [4.69, 9.17) is 39.1 Å². The maximum absolute atomic E-state index is 6.12. The Morgan fingerprint density at radius 3 is 2.60 bits per heavy atom. The van der Waals surface area contributed by atoms with Crippen molar-refractivity contribution in [3.05, 3.63) is 57.6 Å². The Morgan fingerprint density at radius 1 is 1.16 bits per heavy atom. The minimum absolute atomic E-state index is 0.188. The molecule has 0 aliphatic heterocycles. The lowest BCUT2D eigenvalue weighted by atomic mass is 10.2. The monoisotopic (exact) mass is 376 g/mol. The number of ether oxygens (including phenoxy) is 2. The molecule has 0 aliphatic rings. The minimum atomic E-state index is 0.188. The molecule has 130 valence electrons. The minimum Gasteiger partial charge on any atom is -0.490 e. The number of hydrogen-bond donors (Lipinski definition) is 1. The lowest BCUT2D eigenvalue weighted by Crippen LogP contribution is -2.07. The number of benzene rings is 2. The molecule has 0 saturated carbocycles. The van der Waals surface area contributed by atoms with Crippen LogP contribution in [-0.4, -0.2) is 19.4 Å². The standard InChI is InChI=1S/C19H18Cl2N2O2/c1-3-10-25-18-9-8-14(11-19(18)24-4-2)12-22-23-13-15-16(20)6-5-7-17(15)21/h1,5-9,11-12,23H,4,10,13H2,2H3/b22-12-. The molecule has 25 heavy (non-hydrogen) atoms. The largest absolute Gasteiger partial charge is 0.490 e. The SMILES string of the molecule is C#CCOc1ccc(/C=N\NCc2c(Cl)cccc2Cl)cc1OCC. The van der Waals surface area contributed by atoms with E-state index in [1.54, 1.807) is 30.5 Å². The third-order valence-corrected chi connectivity index (χ3v) is 3.91. The number of terminal acetylenes is 1. The third-order valence-electron chi connectivity index (χ3n) is 3.20. The number of hydrogen-bond acceptors (Lipinski definition) is 4. The topological polar surface area (TPSA) is 42.8 Å². The first-order valence-corrected chi connectivity index (χ1v) is 8.43. The van der Waals surface area contributed by atoms with E-state index in [0.717, 1.165) is 11.1 Å². The molecule has 0 aliphatic carbocycles. The van der Waals surface area contributed by atoms with E-state index < -0.39 is 0 Å². The Bertz CT molecular complexity index is 765. The molecular weight excluding hydrogens is 359 g/mol. The Hall–Kier alpha value is -2.35. The van der Waals surface area contributed by atoms with Crippen LogP contribution >= 0.6 is 23.2 Å². The number of hydrazone groups is 1. The molecule has 0 aromatic heterocycles. The lowest BCUT2D eigenvalue weighted by molar-refractivity contribution is 0.299. The molecule has 0 heterocycles. The maximum Gasteiger partial charge on any atom is 0.162 e. The summed E-state index contributed by atoms with van der Waals surface area (Å²) in [6.45, 7) is 3.04. The molecule has 4 nitrogen and oxygen atoms in total. The number of rotatable bonds is 8. The van der Waals surface area contributed by atoms with Gasteiger partial charge >= 0.3 is 0 Å². The van der Waals surface area contributed by atoms with Gasteiger partial charge in [-0.2, -0.15) is 5.10 Å². The normalized spacial score (nSPS) is 10.5. The Labute approximate surface area is 157 Å². The summed E-state index contributed by atoms with van der Waals surface area (Å²) in [5.74, 6) is 3.66. The molecule has 2 aromatic carbocycles. The van der Waals surface area contributed by atoms with Gasteiger partial charge in [0.2, 0.25) is 0 Å². The molecule has 2 rings (SSSR count). The van der Waals surface area contributed by atoms with Crippen molar-refractivity contribution in [3.8, 4) is 23.8 Å². The van der Waals surface area contributed by atoms with Crippen LogP contribution in [0.4, 0.5) is 0 Å². The molecule has 1 N–H and O–H groups in total. The highest BCUT2D eigenvalue weighted by Crippen LogP contribution is 2.28. The van der Waals surface area contributed by atoms with Crippen molar-refractivity contribution in [1.29, 1.82) is 0 Å². The number of halogens is 2. The van der Waals surface area contributed by atoms with Crippen LogP contribution in [0.5, 0.6) is 11.5 Å². The van der Waals surface area contributed by atoms with Crippen molar-refractivity contribution in [2.45, 2.75) is 13.5 Å². The summed E-state index contributed by atoms with van der Waals surface area (Å²) in [6.07, 6.45) is 6.90. The predicted octanol–water partition coefficient (Wildman–Crippen LogP) is 4.53. The van der Waals surface area contributed by atoms with Crippen molar-refractivity contribution in [3.63, 3.8) is 0 Å². The van der Waals surface area contributed by atoms with Crippen molar-refractivity contribution in [2.75, 3.05) is 13.2 Å². The molecule has 0 fully saturated rings. The molecule has 6 heteroatoms. The van der Waals surface area contributed by atoms with E-state index in [0.29, 0.717) is 34.7 Å². The lowest BCUT2D eigenvalue weighted by Gasteiger charge is -2.11. The van der Waals surface area contributed by atoms with Gasteiger partial charge in [0.15, 0.2) is 11.5 Å². The van der Waals surface area contributed by atoms with Crippen molar-refractivity contribution in [2.24, 2.45) is 5.10 Å². The Kier molecular flexibility index (Phi) is 7.46. The van der Waals surface area contributed by atoms with Crippen molar-refractivity contribution < 1.29 is 9.47 Å². The zero-order chi connectivity index (χ0) is 18.1. The van der Waals surface area contributed by atoms with E-state index in [1.807, 2.05) is 19.1 Å². The molecular formula is C19H18Cl2N2O2. The molecule has 0 saturated heterocycles. The average molecular weight is 377 g/mol. The van der Waals surface area contributed by atoms with Gasteiger partial charge in [0.05, 0.1) is 19.4 Å². The molecule has 0 atom stereocenters. The summed E-state index contributed by atoms with van der Waals surface area (Å²) >= 11 is 12.2. The fraction of sp³-hybridized carbons (Fsp3) is 0.211. The quantitative estimate of drug-likeness (QED) is 0.418. The van der Waals surface area contributed by atoms with E-state index in [2.05, 4.69) is 16.4 Å². The van der Waals surface area contributed by atoms with Gasteiger partial charge in [-0.15, -0.1) is 6.42 Å². The van der Waals surface area contributed by atoms with Gasteiger partial charge in [0.1, 0.15) is 6.61 Å². The van der Waals surface area contributed by atoms with Crippen LogP contribution in [0.15, 0.2) is 41.5 Å². The first-order valence-electron chi connectivity index (χ1n) is 7.67. The zero-order valence-electron chi connectivity index (χ0n) is 13.8. The third kappa shape index (κ3) is 5.60. The summed E-state index contributed by atoms with van der Waals surface area (Å²) in [4.78, 5) is 0. The van der Waals surface area contributed by atoms with Gasteiger partial charge in [-0.3, -0.25) is 0 Å². The van der Waals surface area contributed by atoms with Gasteiger partial charge in [-0.25, -0.2) is 0 Å². The second-order valence-corrected chi connectivity index (χ2v) is 5.74. The van der Waals surface area contributed by atoms with Gasteiger partial charge in [-0.05, 0) is 42.8 Å². The highest BCUT2D eigenvalue weighted by Gasteiger charge is 2.06. The van der Waals surface area contributed by atoms with Crippen LogP contribution < -0.4 is 14.9 Å². The van der Waals surface area contributed by atoms with Crippen LogP contribution in [0.1, 0.15) is 18.1 Å². The smallest absolute Gasteiger partial charge is 0.162 e. The van der Waals surface area contributed by atoms with Crippen LogP contribution in [-0.2, 0) is 6.54 Å². The first-order chi connectivity index (χ1) is 12.2. The maximum atomic E-state index is 6.12. The summed E-state index contributed by atoms with van der Waals surface area (Å²) in [6, 6.07) is 10.9. The predicted molar refractivity (Wildman–Crippen MR) is 103 cm³/mol. The molecule has 0 radical (unpaired) electrons. The molecule has 0 amide bonds. The van der Waals surface area contributed by atoms with E-state index in [1.165, 1.54) is 0 Å². The summed E-state index contributed by atoms with van der Waals surface area (Å²) < 4.78 is 11.0. The van der Waals surface area contributed by atoms with E-state index in [9.17, 15) is 0 Å². The summed E-state index contributed by atoms with van der Waals surface area (Å²) in [5, 5.41) is 5.39. The second-order valence-electron chi connectivity index (χ2n) is 4.93. The molecule has 0 spiro atoms. The van der Waals surface area contributed by atoms with Crippen molar-refractivity contribution in [1.82, 2.24) is 5.43 Å². The highest BCUT2D eigenvalue weighted by molar-refractivity contribution is 6.35. The van der Waals surface area contributed by atoms with E-state index in [-0.39, 0.29) is 6.61 Å². The van der Waals surface area contributed by atoms with Gasteiger partial charge in [-0.1, -0.05) is 35.2 Å². The second kappa shape index (κ2) is 9.83. The van der Waals surface area contributed by atoms with Gasteiger partial charge in [0.25, 0.3) is 0 Å². The van der Waals surface area contributed by atoms with E-state index >= 15 is 0 Å². The highest BCUT2D eigenvalue weighted by atomic mass is 35.5. The summed E-state index contributed by atoms with van der Waals surface area (Å²) in [7, 11) is 0. The molecule has 0 unspecified atom stereocenters. The fourth-order valence-corrected chi connectivity index (χ4v) is 2.59. The number of nitrogens with zero attached hydrogens (tertiary/aromatic N) is 1. The van der Waals surface area contributed by atoms with Gasteiger partial charge < -0.3 is 14.9 Å². The molecule has 0 bridgehead atoms. The number of nitrogens with one attached hydrogen (secondary N) is 1. The van der Waals surface area contributed by atoms with Crippen LogP contribution in [0, 0.1) is 12.3 Å². The zero-order valence-corrected chi connectivity index (χ0v) is 15.3. The van der Waals surface area contributed by atoms with Crippen LogP contribution in [0.3, 0.4) is 0 Å². The summed E-state index contributed by atoms with van der Waals surface area (Å²) in [5.41, 5.74) is 4.59.